The molecule has 2 rings (SSSR count). The molecule has 0 atom stereocenters. The molecular formula is C14H19N5O2. The molecule has 21 heavy (non-hydrogen) atoms. The first-order chi connectivity index (χ1) is 10.1. The molecule has 0 unspecified atom stereocenters. The van der Waals surface area contributed by atoms with E-state index >= 15 is 0 Å². The van der Waals surface area contributed by atoms with Gasteiger partial charge in [0.25, 0.3) is 0 Å². The molecule has 0 saturated heterocycles. The number of ether oxygens (including phenoxy) is 1. The summed E-state index contributed by atoms with van der Waals surface area (Å²) in [6, 6.07) is 5.04. The lowest BCUT2D eigenvalue weighted by atomic mass is 10.1. The lowest BCUT2D eigenvalue weighted by Crippen LogP contribution is -2.11. The summed E-state index contributed by atoms with van der Waals surface area (Å²) in [6.07, 6.45) is 2.37. The van der Waals surface area contributed by atoms with Gasteiger partial charge in [0, 0.05) is 20.0 Å². The smallest absolute Gasteiger partial charge is 0.338 e. The van der Waals surface area contributed by atoms with Gasteiger partial charge in [-0.15, -0.1) is 10.2 Å². The van der Waals surface area contributed by atoms with Crippen LogP contribution in [0, 0.1) is 0 Å². The van der Waals surface area contributed by atoms with Crippen molar-refractivity contribution in [2.24, 2.45) is 7.05 Å². The summed E-state index contributed by atoms with van der Waals surface area (Å²) < 4.78 is 6.83. The highest BCUT2D eigenvalue weighted by Gasteiger charge is 2.09. The van der Waals surface area contributed by atoms with Gasteiger partial charge in [-0.1, -0.05) is 0 Å². The fraction of sp³-hybridized carbons (Fsp3) is 0.357. The van der Waals surface area contributed by atoms with Crippen LogP contribution < -0.4 is 11.1 Å². The first-order valence-corrected chi connectivity index (χ1v) is 6.75. The number of aryl methyl sites for hydroxylation is 1. The first kappa shape index (κ1) is 14.8. The molecular weight excluding hydrogens is 270 g/mol. The van der Waals surface area contributed by atoms with Crippen molar-refractivity contribution in [2.45, 2.75) is 13.3 Å². The van der Waals surface area contributed by atoms with Crippen molar-refractivity contribution in [1.82, 2.24) is 14.8 Å². The van der Waals surface area contributed by atoms with Gasteiger partial charge in [-0.25, -0.2) is 4.79 Å². The molecule has 0 bridgehead atoms. The minimum absolute atomic E-state index is 0.345. The number of anilines is 2. The maximum Gasteiger partial charge on any atom is 0.338 e. The van der Waals surface area contributed by atoms with Gasteiger partial charge < -0.3 is 20.4 Å². The van der Waals surface area contributed by atoms with Gasteiger partial charge in [-0.3, -0.25) is 0 Å². The molecule has 1 aromatic carbocycles. The quantitative estimate of drug-likeness (QED) is 0.613. The number of rotatable bonds is 6. The Kier molecular flexibility index (Phi) is 4.76. The van der Waals surface area contributed by atoms with E-state index in [1.54, 1.807) is 31.5 Å². The number of nitrogens with one attached hydrogen (secondary N) is 1. The van der Waals surface area contributed by atoms with E-state index in [1.807, 2.05) is 11.6 Å². The van der Waals surface area contributed by atoms with Crippen LogP contribution in [-0.4, -0.2) is 33.9 Å². The Labute approximate surface area is 123 Å². The molecule has 3 N–H and O–H groups in total. The van der Waals surface area contributed by atoms with Gasteiger partial charge >= 0.3 is 5.97 Å². The summed E-state index contributed by atoms with van der Waals surface area (Å²) in [5.41, 5.74) is 7.68. The van der Waals surface area contributed by atoms with Gasteiger partial charge in [0.05, 0.1) is 23.5 Å². The van der Waals surface area contributed by atoms with Crippen LogP contribution in [0.2, 0.25) is 0 Å². The molecule has 0 fully saturated rings. The first-order valence-electron chi connectivity index (χ1n) is 6.75. The maximum atomic E-state index is 11.7. The normalized spacial score (nSPS) is 10.4. The SMILES string of the molecule is CCOC(=O)c1ccc(N)c(NCCc2nncn2C)c1. The van der Waals surface area contributed by atoms with Crippen molar-refractivity contribution in [1.29, 1.82) is 0 Å². The van der Waals surface area contributed by atoms with Crippen LogP contribution >= 0.6 is 0 Å². The summed E-state index contributed by atoms with van der Waals surface area (Å²) in [6.45, 7) is 2.76. The average molecular weight is 289 g/mol. The monoisotopic (exact) mass is 289 g/mol. The largest absolute Gasteiger partial charge is 0.462 e. The second kappa shape index (κ2) is 6.74. The summed E-state index contributed by atoms with van der Waals surface area (Å²) in [4.78, 5) is 11.7. The van der Waals surface area contributed by atoms with E-state index in [9.17, 15) is 4.79 Å². The van der Waals surface area contributed by atoms with E-state index in [1.165, 1.54) is 0 Å². The molecule has 2 aromatic rings. The third kappa shape index (κ3) is 3.71. The van der Waals surface area contributed by atoms with Gasteiger partial charge in [-0.05, 0) is 25.1 Å². The number of hydrogen-bond donors (Lipinski definition) is 2. The van der Waals surface area contributed by atoms with Gasteiger partial charge in [0.1, 0.15) is 12.2 Å². The number of benzene rings is 1. The second-order valence-electron chi connectivity index (χ2n) is 4.56. The van der Waals surface area contributed by atoms with Crippen LogP contribution in [0.5, 0.6) is 0 Å². The summed E-state index contributed by atoms with van der Waals surface area (Å²) in [5.74, 6) is 0.525. The molecule has 1 aromatic heterocycles. The highest BCUT2D eigenvalue weighted by Crippen LogP contribution is 2.20. The molecule has 7 heteroatoms. The van der Waals surface area contributed by atoms with E-state index < -0.39 is 0 Å². The summed E-state index contributed by atoms with van der Waals surface area (Å²) in [7, 11) is 1.89. The molecule has 0 aliphatic carbocycles. The van der Waals surface area contributed by atoms with E-state index in [-0.39, 0.29) is 5.97 Å². The zero-order chi connectivity index (χ0) is 15.2. The van der Waals surface area contributed by atoms with Crippen molar-refractivity contribution in [2.75, 3.05) is 24.2 Å². The van der Waals surface area contributed by atoms with Crippen molar-refractivity contribution < 1.29 is 9.53 Å². The van der Waals surface area contributed by atoms with Crippen LogP contribution in [0.25, 0.3) is 0 Å². The Balaban J connectivity index is 2.00. The van der Waals surface area contributed by atoms with Gasteiger partial charge in [0.15, 0.2) is 0 Å². The Morgan fingerprint density at radius 1 is 1.48 bits per heavy atom. The number of nitrogens with two attached hydrogens (primary N) is 1. The van der Waals surface area contributed by atoms with Crippen LogP contribution in [-0.2, 0) is 18.2 Å². The Hall–Kier alpha value is -2.57. The number of hydrogen-bond acceptors (Lipinski definition) is 6. The van der Waals surface area contributed by atoms with E-state index in [0.29, 0.717) is 36.5 Å². The summed E-state index contributed by atoms with van der Waals surface area (Å²) in [5, 5.41) is 11.0. The molecule has 112 valence electrons. The fourth-order valence-corrected chi connectivity index (χ4v) is 1.89. The van der Waals surface area contributed by atoms with E-state index in [2.05, 4.69) is 15.5 Å². The lowest BCUT2D eigenvalue weighted by molar-refractivity contribution is 0.0526. The molecule has 0 spiro atoms. The van der Waals surface area contributed by atoms with Gasteiger partial charge in [0.2, 0.25) is 0 Å². The predicted octanol–water partition coefficient (Wildman–Crippen LogP) is 1.23. The zero-order valence-electron chi connectivity index (χ0n) is 12.2. The Morgan fingerprint density at radius 2 is 2.29 bits per heavy atom. The Morgan fingerprint density at radius 3 is 2.95 bits per heavy atom. The predicted molar refractivity (Wildman–Crippen MR) is 80.0 cm³/mol. The van der Waals surface area contributed by atoms with Crippen LogP contribution in [0.3, 0.4) is 0 Å². The van der Waals surface area contributed by atoms with Crippen molar-refractivity contribution in [3.05, 3.63) is 35.9 Å². The number of esters is 1. The third-order valence-electron chi connectivity index (χ3n) is 3.03. The second-order valence-corrected chi connectivity index (χ2v) is 4.56. The number of carbonyl (C=O) groups excluding carboxylic acids is 1. The summed E-state index contributed by atoms with van der Waals surface area (Å²) >= 11 is 0. The minimum atomic E-state index is -0.353. The maximum absolute atomic E-state index is 11.7. The topological polar surface area (TPSA) is 95.1 Å². The van der Waals surface area contributed by atoms with E-state index in [4.69, 9.17) is 10.5 Å². The highest BCUT2D eigenvalue weighted by molar-refractivity contribution is 5.92. The van der Waals surface area contributed by atoms with Crippen LogP contribution in [0.15, 0.2) is 24.5 Å². The molecule has 7 nitrogen and oxygen atoms in total. The average Bonchev–Trinajstić information content (AvgIpc) is 2.87. The van der Waals surface area contributed by atoms with Crippen molar-refractivity contribution in [3.8, 4) is 0 Å². The third-order valence-corrected chi connectivity index (χ3v) is 3.03. The zero-order valence-corrected chi connectivity index (χ0v) is 12.2. The Bertz CT molecular complexity index is 624. The standard InChI is InChI=1S/C14H19N5O2/c1-3-21-14(20)10-4-5-11(15)12(8-10)16-7-6-13-18-17-9-19(13)2/h4-5,8-9,16H,3,6-7,15H2,1-2H3. The number of carbonyl (C=O) groups is 1. The molecule has 0 aliphatic rings. The van der Waals surface area contributed by atoms with E-state index in [0.717, 1.165) is 5.82 Å². The molecule has 1 heterocycles. The molecule has 0 radical (unpaired) electrons. The number of nitrogen functional groups attached to an aromatic ring is 1. The van der Waals surface area contributed by atoms with Crippen LogP contribution in [0.1, 0.15) is 23.1 Å². The highest BCUT2D eigenvalue weighted by atomic mass is 16.5. The molecule has 0 aliphatic heterocycles. The molecule has 0 amide bonds. The number of aromatic nitrogens is 3. The van der Waals surface area contributed by atoms with Gasteiger partial charge in [-0.2, -0.15) is 0 Å². The number of nitrogens with zero attached hydrogens (tertiary/aromatic N) is 3. The minimum Gasteiger partial charge on any atom is -0.462 e. The fourth-order valence-electron chi connectivity index (χ4n) is 1.89. The van der Waals surface area contributed by atoms with Crippen molar-refractivity contribution >= 4 is 17.3 Å². The van der Waals surface area contributed by atoms with Crippen molar-refractivity contribution in [3.63, 3.8) is 0 Å². The van der Waals surface area contributed by atoms with Crippen LogP contribution in [0.4, 0.5) is 11.4 Å². The lowest BCUT2D eigenvalue weighted by Gasteiger charge is -2.11. The molecule has 0 saturated carbocycles.